The lowest BCUT2D eigenvalue weighted by Crippen LogP contribution is -2.37. The number of amides is 2. The number of hydrogen-bond donors (Lipinski definition) is 2. The highest BCUT2D eigenvalue weighted by atomic mass is 16.2. The molecule has 1 aromatic carbocycles. The van der Waals surface area contributed by atoms with Gasteiger partial charge in [-0.1, -0.05) is 13.0 Å². The summed E-state index contributed by atoms with van der Waals surface area (Å²) in [5.74, 6) is 2.52. The topological polar surface area (TPSA) is 64.9 Å². The summed E-state index contributed by atoms with van der Waals surface area (Å²) >= 11 is 0. The van der Waals surface area contributed by atoms with Crippen LogP contribution in [0.4, 0.5) is 10.5 Å². The molecule has 0 heterocycles. The zero-order chi connectivity index (χ0) is 13.4. The summed E-state index contributed by atoms with van der Waals surface area (Å²) in [6.45, 7) is 1.96. The van der Waals surface area contributed by atoms with Crippen molar-refractivity contribution in [2.75, 3.05) is 5.32 Å². The maximum Gasteiger partial charge on any atom is 0.319 e. The van der Waals surface area contributed by atoms with Crippen LogP contribution in [0, 0.1) is 23.7 Å². The van der Waals surface area contributed by atoms with Crippen LogP contribution in [-0.2, 0) is 0 Å². The number of hydrogen-bond acceptors (Lipinski definition) is 2. The molecule has 18 heavy (non-hydrogen) atoms. The summed E-state index contributed by atoms with van der Waals surface area (Å²) in [6.07, 6.45) is 6.49. The van der Waals surface area contributed by atoms with E-state index in [9.17, 15) is 4.79 Å². The van der Waals surface area contributed by atoms with Crippen molar-refractivity contribution in [1.82, 2.24) is 5.32 Å². The average Bonchev–Trinajstić information content (AvgIpc) is 2.38. The first-order valence-electron chi connectivity index (χ1n) is 5.70. The SMILES string of the molecule is C#CCC(CC)NC(=O)Nc1cccc(C#N)c1. The zero-order valence-corrected chi connectivity index (χ0v) is 10.2. The Morgan fingerprint density at radius 2 is 2.33 bits per heavy atom. The predicted molar refractivity (Wildman–Crippen MR) is 70.8 cm³/mol. The number of carbonyl (C=O) groups is 1. The number of nitrogens with zero attached hydrogens (tertiary/aromatic N) is 1. The van der Waals surface area contributed by atoms with E-state index in [2.05, 4.69) is 16.6 Å². The van der Waals surface area contributed by atoms with Crippen molar-refractivity contribution in [2.24, 2.45) is 0 Å². The monoisotopic (exact) mass is 241 g/mol. The molecule has 1 atom stereocenters. The van der Waals surface area contributed by atoms with Crippen molar-refractivity contribution in [1.29, 1.82) is 5.26 Å². The normalized spacial score (nSPS) is 10.8. The number of terminal acetylenes is 1. The first-order chi connectivity index (χ1) is 8.69. The molecule has 0 aromatic heterocycles. The van der Waals surface area contributed by atoms with Gasteiger partial charge in [0.1, 0.15) is 0 Å². The maximum atomic E-state index is 11.7. The molecule has 2 N–H and O–H groups in total. The summed E-state index contributed by atoms with van der Waals surface area (Å²) < 4.78 is 0. The molecule has 0 saturated carbocycles. The van der Waals surface area contributed by atoms with E-state index in [-0.39, 0.29) is 12.1 Å². The molecule has 4 nitrogen and oxygen atoms in total. The van der Waals surface area contributed by atoms with Crippen LogP contribution in [0.25, 0.3) is 0 Å². The Labute approximate surface area is 107 Å². The van der Waals surface area contributed by atoms with Crippen LogP contribution in [-0.4, -0.2) is 12.1 Å². The molecule has 2 amide bonds. The first-order valence-corrected chi connectivity index (χ1v) is 5.70. The third-order valence-corrected chi connectivity index (χ3v) is 2.44. The van der Waals surface area contributed by atoms with Crippen molar-refractivity contribution in [3.63, 3.8) is 0 Å². The molecule has 0 aliphatic heterocycles. The van der Waals surface area contributed by atoms with Crippen LogP contribution in [0.3, 0.4) is 0 Å². The highest BCUT2D eigenvalue weighted by Crippen LogP contribution is 2.09. The van der Waals surface area contributed by atoms with E-state index in [0.717, 1.165) is 6.42 Å². The fourth-order valence-corrected chi connectivity index (χ4v) is 1.46. The van der Waals surface area contributed by atoms with E-state index in [4.69, 9.17) is 11.7 Å². The number of rotatable bonds is 4. The highest BCUT2D eigenvalue weighted by molar-refractivity contribution is 5.89. The molecule has 1 aromatic rings. The number of anilines is 1. The van der Waals surface area contributed by atoms with E-state index in [0.29, 0.717) is 17.7 Å². The van der Waals surface area contributed by atoms with Crippen molar-refractivity contribution < 1.29 is 4.79 Å². The minimum Gasteiger partial charge on any atom is -0.334 e. The zero-order valence-electron chi connectivity index (χ0n) is 10.2. The number of nitrogens with one attached hydrogen (secondary N) is 2. The third-order valence-electron chi connectivity index (χ3n) is 2.44. The van der Waals surface area contributed by atoms with Gasteiger partial charge < -0.3 is 10.6 Å². The Hall–Kier alpha value is -2.46. The minimum atomic E-state index is -0.313. The molecular weight excluding hydrogens is 226 g/mol. The summed E-state index contributed by atoms with van der Waals surface area (Å²) in [4.78, 5) is 11.7. The van der Waals surface area contributed by atoms with E-state index in [1.807, 2.05) is 13.0 Å². The molecule has 0 radical (unpaired) electrons. The van der Waals surface area contributed by atoms with Gasteiger partial charge in [-0.15, -0.1) is 12.3 Å². The van der Waals surface area contributed by atoms with Crippen LogP contribution in [0.2, 0.25) is 0 Å². The Bertz CT molecular complexity index is 496. The fourth-order valence-electron chi connectivity index (χ4n) is 1.46. The largest absolute Gasteiger partial charge is 0.334 e. The number of urea groups is 1. The molecule has 0 bridgehead atoms. The lowest BCUT2D eigenvalue weighted by atomic mass is 10.1. The lowest BCUT2D eigenvalue weighted by molar-refractivity contribution is 0.248. The number of carbonyl (C=O) groups excluding carboxylic acids is 1. The maximum absolute atomic E-state index is 11.7. The standard InChI is InChI=1S/C14H15N3O/c1-3-6-12(4-2)16-14(18)17-13-8-5-7-11(9-13)10-15/h1,5,7-9,12H,4,6H2,2H3,(H2,16,17,18). The Morgan fingerprint density at radius 1 is 1.56 bits per heavy atom. The molecular formula is C14H15N3O. The van der Waals surface area contributed by atoms with Crippen LogP contribution in [0.5, 0.6) is 0 Å². The molecule has 1 rings (SSSR count). The van der Waals surface area contributed by atoms with Crippen molar-refractivity contribution in [3.8, 4) is 18.4 Å². The van der Waals surface area contributed by atoms with Gasteiger partial charge in [-0.2, -0.15) is 5.26 Å². The number of benzene rings is 1. The van der Waals surface area contributed by atoms with Gasteiger partial charge in [-0.3, -0.25) is 0 Å². The van der Waals surface area contributed by atoms with Gasteiger partial charge in [0.15, 0.2) is 0 Å². The summed E-state index contributed by atoms with van der Waals surface area (Å²) in [7, 11) is 0. The van der Waals surface area contributed by atoms with Crippen LogP contribution >= 0.6 is 0 Å². The Kier molecular flexibility index (Phi) is 5.28. The van der Waals surface area contributed by atoms with E-state index < -0.39 is 0 Å². The molecule has 92 valence electrons. The predicted octanol–water partition coefficient (Wildman–Crippen LogP) is 2.48. The van der Waals surface area contributed by atoms with Crippen molar-refractivity contribution in [2.45, 2.75) is 25.8 Å². The molecule has 4 heteroatoms. The average molecular weight is 241 g/mol. The van der Waals surface area contributed by atoms with Crippen molar-refractivity contribution in [3.05, 3.63) is 29.8 Å². The summed E-state index contributed by atoms with van der Waals surface area (Å²) in [5.41, 5.74) is 1.09. The molecule has 0 saturated heterocycles. The highest BCUT2D eigenvalue weighted by Gasteiger charge is 2.09. The van der Waals surface area contributed by atoms with E-state index in [1.54, 1.807) is 24.3 Å². The van der Waals surface area contributed by atoms with Crippen LogP contribution in [0.1, 0.15) is 25.3 Å². The van der Waals surface area contributed by atoms with Crippen molar-refractivity contribution >= 4 is 11.7 Å². The molecule has 0 aliphatic carbocycles. The second-order valence-corrected chi connectivity index (χ2v) is 3.80. The summed E-state index contributed by atoms with van der Waals surface area (Å²) in [6, 6.07) is 8.40. The molecule has 0 spiro atoms. The molecule has 0 fully saturated rings. The smallest absolute Gasteiger partial charge is 0.319 e. The van der Waals surface area contributed by atoms with Gasteiger partial charge in [0.2, 0.25) is 0 Å². The molecule has 1 unspecified atom stereocenters. The Balaban J connectivity index is 2.59. The van der Waals surface area contributed by atoms with Crippen LogP contribution < -0.4 is 10.6 Å². The lowest BCUT2D eigenvalue weighted by Gasteiger charge is -2.14. The van der Waals surface area contributed by atoms with E-state index in [1.165, 1.54) is 0 Å². The van der Waals surface area contributed by atoms with E-state index >= 15 is 0 Å². The van der Waals surface area contributed by atoms with Gasteiger partial charge in [-0.05, 0) is 24.6 Å². The second kappa shape index (κ2) is 6.98. The first kappa shape index (κ1) is 13.6. The van der Waals surface area contributed by atoms with Gasteiger partial charge in [0, 0.05) is 18.2 Å². The number of nitriles is 1. The minimum absolute atomic E-state index is 0.0332. The molecule has 0 aliphatic rings. The Morgan fingerprint density at radius 3 is 2.94 bits per heavy atom. The summed E-state index contributed by atoms with van der Waals surface area (Å²) in [5, 5.41) is 14.2. The quantitative estimate of drug-likeness (QED) is 0.795. The second-order valence-electron chi connectivity index (χ2n) is 3.80. The fraction of sp³-hybridized carbons (Fsp3) is 0.286. The van der Waals surface area contributed by atoms with Crippen LogP contribution in [0.15, 0.2) is 24.3 Å². The van der Waals surface area contributed by atoms with Gasteiger partial charge >= 0.3 is 6.03 Å². The van der Waals surface area contributed by atoms with Gasteiger partial charge in [0.05, 0.1) is 11.6 Å². The third kappa shape index (κ3) is 4.19. The van der Waals surface area contributed by atoms with Gasteiger partial charge in [-0.25, -0.2) is 4.79 Å². The van der Waals surface area contributed by atoms with Gasteiger partial charge in [0.25, 0.3) is 0 Å².